The number of sulfonamides is 1. The smallest absolute Gasteiger partial charge is 0.211 e. The zero-order valence-electron chi connectivity index (χ0n) is 17.5. The third-order valence-corrected chi connectivity index (χ3v) is 7.98. The second-order valence-corrected chi connectivity index (χ2v) is 10.6. The molecule has 2 aromatic heterocycles. The van der Waals surface area contributed by atoms with Gasteiger partial charge in [0.1, 0.15) is 6.33 Å². The fraction of sp³-hybridized carbons (Fsp3) is 0.500. The van der Waals surface area contributed by atoms with Gasteiger partial charge in [0.15, 0.2) is 0 Å². The van der Waals surface area contributed by atoms with Crippen LogP contribution in [0.5, 0.6) is 0 Å². The summed E-state index contributed by atoms with van der Waals surface area (Å²) in [5, 5.41) is 0. The number of nitrogens with zero attached hydrogens (tertiary/aromatic N) is 5. The highest BCUT2D eigenvalue weighted by molar-refractivity contribution is 7.88. The van der Waals surface area contributed by atoms with Crippen molar-refractivity contribution < 1.29 is 8.42 Å². The summed E-state index contributed by atoms with van der Waals surface area (Å²) in [4.78, 5) is 16.3. The van der Waals surface area contributed by atoms with E-state index in [-0.39, 0.29) is 5.92 Å². The van der Waals surface area contributed by atoms with Gasteiger partial charge in [-0.1, -0.05) is 12.2 Å². The highest BCUT2D eigenvalue weighted by atomic mass is 32.2. The van der Waals surface area contributed by atoms with Crippen molar-refractivity contribution in [2.75, 3.05) is 24.2 Å². The van der Waals surface area contributed by atoms with Crippen LogP contribution in [0.4, 0.5) is 5.69 Å². The standard InChI is InChI=1S/C22H27N5O2S/c1-15-12-20-18(13-27(15)21-6-9-23-19-5-3-4-17(19)21)22(25-14-24-20)16-7-10-26(11-8-16)30(2,28)29/h3-4,6,9,14-16H,5,7-8,10-13H2,1-2H3/t15-/m0/s1. The first-order chi connectivity index (χ1) is 14.4. The van der Waals surface area contributed by atoms with Gasteiger partial charge in [-0.2, -0.15) is 0 Å². The lowest BCUT2D eigenvalue weighted by Gasteiger charge is -2.39. The third kappa shape index (κ3) is 3.41. The molecule has 0 N–H and O–H groups in total. The van der Waals surface area contributed by atoms with Gasteiger partial charge in [-0.3, -0.25) is 4.98 Å². The Labute approximate surface area is 177 Å². The van der Waals surface area contributed by atoms with E-state index < -0.39 is 10.0 Å². The van der Waals surface area contributed by atoms with Crippen LogP contribution in [0.15, 0.2) is 24.7 Å². The van der Waals surface area contributed by atoms with Crippen molar-refractivity contribution in [1.82, 2.24) is 19.3 Å². The Kier molecular flexibility index (Phi) is 4.86. The van der Waals surface area contributed by atoms with Crippen LogP contribution in [-0.4, -0.2) is 53.1 Å². The van der Waals surface area contributed by atoms with Gasteiger partial charge in [0.25, 0.3) is 0 Å². The van der Waals surface area contributed by atoms with E-state index in [0.717, 1.165) is 49.3 Å². The van der Waals surface area contributed by atoms with Gasteiger partial charge in [0.05, 0.1) is 23.3 Å². The monoisotopic (exact) mass is 425 g/mol. The van der Waals surface area contributed by atoms with Crippen molar-refractivity contribution >= 4 is 21.8 Å². The summed E-state index contributed by atoms with van der Waals surface area (Å²) in [6.07, 6.45) is 12.6. The lowest BCUT2D eigenvalue weighted by Crippen LogP contribution is -2.41. The predicted molar refractivity (Wildman–Crippen MR) is 117 cm³/mol. The van der Waals surface area contributed by atoms with Crippen molar-refractivity contribution in [3.05, 3.63) is 52.9 Å². The average molecular weight is 426 g/mol. The van der Waals surface area contributed by atoms with Crippen LogP contribution in [0, 0.1) is 0 Å². The Morgan fingerprint density at radius 2 is 1.90 bits per heavy atom. The molecule has 0 spiro atoms. The van der Waals surface area contributed by atoms with Crippen molar-refractivity contribution in [1.29, 1.82) is 0 Å². The molecule has 1 atom stereocenters. The summed E-state index contributed by atoms with van der Waals surface area (Å²) in [5.74, 6) is 0.276. The Morgan fingerprint density at radius 1 is 1.10 bits per heavy atom. The molecule has 158 valence electrons. The molecule has 0 amide bonds. The molecule has 3 aliphatic rings. The molecule has 2 aromatic rings. The van der Waals surface area contributed by atoms with Gasteiger partial charge in [-0.05, 0) is 25.8 Å². The van der Waals surface area contributed by atoms with E-state index >= 15 is 0 Å². The molecular formula is C22H27N5O2S. The van der Waals surface area contributed by atoms with Crippen LogP contribution in [-0.2, 0) is 29.4 Å². The lowest BCUT2D eigenvalue weighted by atomic mass is 9.87. The highest BCUT2D eigenvalue weighted by Gasteiger charge is 2.33. The first-order valence-electron chi connectivity index (χ1n) is 10.6. The highest BCUT2D eigenvalue weighted by Crippen LogP contribution is 2.37. The zero-order valence-corrected chi connectivity index (χ0v) is 18.3. The lowest BCUT2D eigenvalue weighted by molar-refractivity contribution is 0.317. The molecule has 5 rings (SSSR count). The molecule has 30 heavy (non-hydrogen) atoms. The van der Waals surface area contributed by atoms with Gasteiger partial charge >= 0.3 is 0 Å². The summed E-state index contributed by atoms with van der Waals surface area (Å²) in [7, 11) is -3.13. The second kappa shape index (κ2) is 7.42. The Hall–Kier alpha value is -2.32. The second-order valence-electron chi connectivity index (χ2n) is 8.60. The summed E-state index contributed by atoms with van der Waals surface area (Å²) in [6.45, 7) is 4.15. The third-order valence-electron chi connectivity index (χ3n) is 6.68. The molecular weight excluding hydrogens is 398 g/mol. The van der Waals surface area contributed by atoms with E-state index in [4.69, 9.17) is 4.98 Å². The minimum absolute atomic E-state index is 0.276. The number of rotatable bonds is 3. The number of piperidine rings is 1. The minimum atomic E-state index is -3.13. The summed E-state index contributed by atoms with van der Waals surface area (Å²) in [5.41, 5.74) is 7.06. The van der Waals surface area contributed by atoms with Crippen LogP contribution in [0.2, 0.25) is 0 Å². The Balaban J connectivity index is 1.45. The first kappa shape index (κ1) is 19.6. The first-order valence-corrected chi connectivity index (χ1v) is 12.5. The summed E-state index contributed by atoms with van der Waals surface area (Å²) in [6, 6.07) is 2.46. The van der Waals surface area contributed by atoms with E-state index in [0.29, 0.717) is 19.1 Å². The molecule has 1 saturated heterocycles. The maximum absolute atomic E-state index is 11.9. The Morgan fingerprint density at radius 3 is 2.67 bits per heavy atom. The maximum Gasteiger partial charge on any atom is 0.211 e. The van der Waals surface area contributed by atoms with Gasteiger partial charge < -0.3 is 4.90 Å². The fourth-order valence-electron chi connectivity index (χ4n) is 5.05. The van der Waals surface area contributed by atoms with Crippen LogP contribution in [0.1, 0.15) is 53.9 Å². The molecule has 1 aliphatic carbocycles. The number of hydrogen-bond donors (Lipinski definition) is 0. The number of fused-ring (bicyclic) bond motifs is 2. The minimum Gasteiger partial charge on any atom is -0.363 e. The van der Waals surface area contributed by atoms with Crippen molar-refractivity contribution in [2.45, 2.75) is 51.1 Å². The molecule has 2 aliphatic heterocycles. The van der Waals surface area contributed by atoms with Crippen LogP contribution in [0.3, 0.4) is 0 Å². The Bertz CT molecular complexity index is 1110. The molecule has 7 nitrogen and oxygen atoms in total. The normalized spacial score (nSPS) is 22.2. The van der Waals surface area contributed by atoms with Gasteiger partial charge in [-0.25, -0.2) is 22.7 Å². The van der Waals surface area contributed by atoms with E-state index in [2.05, 4.69) is 40.0 Å². The molecule has 4 heterocycles. The number of pyridine rings is 1. The number of aromatic nitrogens is 3. The maximum atomic E-state index is 11.9. The quantitative estimate of drug-likeness (QED) is 0.752. The summed E-state index contributed by atoms with van der Waals surface area (Å²) < 4.78 is 25.3. The molecule has 0 aromatic carbocycles. The van der Waals surface area contributed by atoms with E-state index in [1.54, 1.807) is 10.6 Å². The molecule has 8 heteroatoms. The van der Waals surface area contributed by atoms with Crippen molar-refractivity contribution in [2.24, 2.45) is 0 Å². The largest absolute Gasteiger partial charge is 0.363 e. The summed E-state index contributed by atoms with van der Waals surface area (Å²) >= 11 is 0. The predicted octanol–water partition coefficient (Wildman–Crippen LogP) is 2.53. The van der Waals surface area contributed by atoms with E-state index in [1.165, 1.54) is 23.1 Å². The van der Waals surface area contributed by atoms with Crippen LogP contribution >= 0.6 is 0 Å². The van der Waals surface area contributed by atoms with E-state index in [9.17, 15) is 8.42 Å². The van der Waals surface area contributed by atoms with Gasteiger partial charge in [-0.15, -0.1) is 0 Å². The zero-order chi connectivity index (χ0) is 20.9. The number of hydrogen-bond acceptors (Lipinski definition) is 6. The van der Waals surface area contributed by atoms with E-state index in [1.807, 2.05) is 6.20 Å². The van der Waals surface area contributed by atoms with Gasteiger partial charge in [0, 0.05) is 67.4 Å². The number of anilines is 1. The molecule has 0 radical (unpaired) electrons. The van der Waals surface area contributed by atoms with Crippen LogP contribution < -0.4 is 4.90 Å². The fourth-order valence-corrected chi connectivity index (χ4v) is 5.93. The molecule has 0 saturated carbocycles. The molecule has 0 bridgehead atoms. The number of allylic oxidation sites excluding steroid dienone is 1. The SMILES string of the molecule is C[C@H]1Cc2ncnc(C3CCN(S(C)(=O)=O)CC3)c2CN1c1ccnc2c1C=CC2. The van der Waals surface area contributed by atoms with Crippen molar-refractivity contribution in [3.63, 3.8) is 0 Å². The molecule has 1 fully saturated rings. The van der Waals surface area contributed by atoms with Gasteiger partial charge in [0.2, 0.25) is 10.0 Å². The molecule has 0 unspecified atom stereocenters. The average Bonchev–Trinajstić information content (AvgIpc) is 3.21. The van der Waals surface area contributed by atoms with Crippen molar-refractivity contribution in [3.8, 4) is 0 Å². The topological polar surface area (TPSA) is 79.3 Å². The van der Waals surface area contributed by atoms with Crippen LogP contribution in [0.25, 0.3) is 6.08 Å².